The number of hydrogen-bond donors (Lipinski definition) is 2. The Morgan fingerprint density at radius 2 is 2.00 bits per heavy atom. The number of likely N-dealkylation sites (N-methyl/N-ethyl adjacent to an activating group) is 1. The number of ether oxygens (including phenoxy) is 1. The number of aliphatic imine (C=N–C) groups is 1. The Bertz CT molecular complexity index is 319. The molecule has 0 radical (unpaired) electrons. The molecule has 0 amide bonds. The van der Waals surface area contributed by atoms with Crippen molar-refractivity contribution < 1.29 is 4.74 Å². The molecule has 5 nitrogen and oxygen atoms in total. The molecule has 0 bridgehead atoms. The van der Waals surface area contributed by atoms with Gasteiger partial charge in [0.05, 0.1) is 12.7 Å². The highest BCUT2D eigenvalue weighted by molar-refractivity contribution is 14.0. The first-order valence-corrected chi connectivity index (χ1v) is 7.94. The van der Waals surface area contributed by atoms with Crippen molar-refractivity contribution in [2.45, 2.75) is 44.8 Å². The third-order valence-corrected chi connectivity index (χ3v) is 4.42. The van der Waals surface area contributed by atoms with E-state index < -0.39 is 0 Å². The number of nitrogens with zero attached hydrogens (tertiary/aromatic N) is 2. The van der Waals surface area contributed by atoms with Crippen molar-refractivity contribution in [2.75, 3.05) is 40.3 Å². The molecule has 2 aliphatic rings. The summed E-state index contributed by atoms with van der Waals surface area (Å²) in [5.74, 6) is 1.80. The monoisotopic (exact) mass is 410 g/mol. The summed E-state index contributed by atoms with van der Waals surface area (Å²) in [6.07, 6.45) is 5.42. The highest BCUT2D eigenvalue weighted by atomic mass is 127. The van der Waals surface area contributed by atoms with Crippen LogP contribution in [-0.4, -0.2) is 63.3 Å². The van der Waals surface area contributed by atoms with Crippen molar-refractivity contribution in [3.63, 3.8) is 0 Å². The molecule has 2 rings (SSSR count). The summed E-state index contributed by atoms with van der Waals surface area (Å²) in [6.45, 7) is 6.03. The molecule has 0 aromatic rings. The summed E-state index contributed by atoms with van der Waals surface area (Å²) < 4.78 is 5.76. The second kappa shape index (κ2) is 9.84. The van der Waals surface area contributed by atoms with E-state index in [0.717, 1.165) is 38.1 Å². The largest absolute Gasteiger partial charge is 0.374 e. The summed E-state index contributed by atoms with van der Waals surface area (Å²) in [7, 11) is 3.99. The van der Waals surface area contributed by atoms with Crippen molar-refractivity contribution in [3.05, 3.63) is 0 Å². The average molecular weight is 410 g/mol. The maximum Gasteiger partial charge on any atom is 0.191 e. The van der Waals surface area contributed by atoms with Gasteiger partial charge in [0.15, 0.2) is 5.96 Å². The van der Waals surface area contributed by atoms with E-state index in [-0.39, 0.29) is 30.1 Å². The van der Waals surface area contributed by atoms with E-state index in [9.17, 15) is 0 Å². The lowest BCUT2D eigenvalue weighted by molar-refractivity contribution is -0.0161. The third-order valence-electron chi connectivity index (χ3n) is 4.42. The Labute approximate surface area is 146 Å². The van der Waals surface area contributed by atoms with E-state index in [2.05, 4.69) is 34.5 Å². The SMILES string of the molecule is CN=C(NCC1CN(C)CCO1)NC1CCC(C)CC1.I. The van der Waals surface area contributed by atoms with Crippen LogP contribution in [0, 0.1) is 5.92 Å². The zero-order valence-corrected chi connectivity index (χ0v) is 15.9. The Kier molecular flexibility index (Phi) is 8.89. The summed E-state index contributed by atoms with van der Waals surface area (Å²) in [5, 5.41) is 6.95. The predicted molar refractivity (Wildman–Crippen MR) is 98.6 cm³/mol. The lowest BCUT2D eigenvalue weighted by Gasteiger charge is -2.31. The number of guanidine groups is 1. The van der Waals surface area contributed by atoms with Crippen LogP contribution in [0.5, 0.6) is 0 Å². The van der Waals surface area contributed by atoms with E-state index in [0.29, 0.717) is 6.04 Å². The molecule has 2 N–H and O–H groups in total. The Morgan fingerprint density at radius 1 is 1.29 bits per heavy atom. The Balaban J connectivity index is 0.00000220. The van der Waals surface area contributed by atoms with Gasteiger partial charge >= 0.3 is 0 Å². The van der Waals surface area contributed by atoms with Gasteiger partial charge in [-0.05, 0) is 38.6 Å². The van der Waals surface area contributed by atoms with Crippen molar-refractivity contribution in [2.24, 2.45) is 10.9 Å². The molecule has 1 unspecified atom stereocenters. The van der Waals surface area contributed by atoms with Crippen LogP contribution >= 0.6 is 24.0 Å². The van der Waals surface area contributed by atoms with Gasteiger partial charge in [0.1, 0.15) is 0 Å². The van der Waals surface area contributed by atoms with Crippen molar-refractivity contribution in [3.8, 4) is 0 Å². The predicted octanol–water partition coefficient (Wildman–Crippen LogP) is 1.68. The first kappa shape index (κ1) is 19.0. The van der Waals surface area contributed by atoms with Crippen molar-refractivity contribution >= 4 is 29.9 Å². The quantitative estimate of drug-likeness (QED) is 0.422. The van der Waals surface area contributed by atoms with Crippen molar-refractivity contribution in [1.29, 1.82) is 0 Å². The highest BCUT2D eigenvalue weighted by Gasteiger charge is 2.20. The fourth-order valence-electron chi connectivity index (χ4n) is 2.99. The number of rotatable bonds is 3. The summed E-state index contributed by atoms with van der Waals surface area (Å²) in [4.78, 5) is 6.64. The third kappa shape index (κ3) is 6.69. The molecule has 124 valence electrons. The number of halogens is 1. The molecule has 1 atom stereocenters. The molecule has 1 saturated heterocycles. The van der Waals surface area contributed by atoms with Gasteiger partial charge in [0.25, 0.3) is 0 Å². The van der Waals surface area contributed by atoms with E-state index in [1.807, 2.05) is 7.05 Å². The van der Waals surface area contributed by atoms with Crippen LogP contribution in [0.15, 0.2) is 4.99 Å². The second-order valence-electron chi connectivity index (χ2n) is 6.31. The molecular weight excluding hydrogens is 379 g/mol. The van der Waals surface area contributed by atoms with Crippen LogP contribution in [0.3, 0.4) is 0 Å². The minimum atomic E-state index is 0. The van der Waals surface area contributed by atoms with Crippen LogP contribution in [0.4, 0.5) is 0 Å². The van der Waals surface area contributed by atoms with E-state index >= 15 is 0 Å². The molecule has 0 aromatic carbocycles. The molecule has 6 heteroatoms. The zero-order chi connectivity index (χ0) is 14.4. The summed E-state index contributed by atoms with van der Waals surface area (Å²) >= 11 is 0. The van der Waals surface area contributed by atoms with Crippen LogP contribution in [-0.2, 0) is 4.74 Å². The zero-order valence-electron chi connectivity index (χ0n) is 13.6. The van der Waals surface area contributed by atoms with Crippen LogP contribution in [0.2, 0.25) is 0 Å². The summed E-state index contributed by atoms with van der Waals surface area (Å²) in [6, 6.07) is 0.576. The first-order valence-electron chi connectivity index (χ1n) is 7.94. The van der Waals surface area contributed by atoms with Gasteiger partial charge < -0.3 is 20.3 Å². The van der Waals surface area contributed by atoms with Crippen LogP contribution in [0.25, 0.3) is 0 Å². The van der Waals surface area contributed by atoms with Gasteiger partial charge in [-0.15, -0.1) is 24.0 Å². The molecule has 1 saturated carbocycles. The minimum Gasteiger partial charge on any atom is -0.374 e. The highest BCUT2D eigenvalue weighted by Crippen LogP contribution is 2.23. The fourth-order valence-corrected chi connectivity index (χ4v) is 2.99. The maximum atomic E-state index is 5.76. The summed E-state index contributed by atoms with van der Waals surface area (Å²) in [5.41, 5.74) is 0. The Morgan fingerprint density at radius 3 is 2.62 bits per heavy atom. The van der Waals surface area contributed by atoms with Crippen LogP contribution < -0.4 is 10.6 Å². The molecule has 0 aromatic heterocycles. The molecule has 2 fully saturated rings. The number of hydrogen-bond acceptors (Lipinski definition) is 3. The normalized spacial score (nSPS) is 31.4. The van der Waals surface area contributed by atoms with Gasteiger partial charge in [-0.1, -0.05) is 6.92 Å². The first-order chi connectivity index (χ1) is 9.67. The molecule has 21 heavy (non-hydrogen) atoms. The fraction of sp³-hybridized carbons (Fsp3) is 0.933. The van der Waals surface area contributed by atoms with E-state index in [4.69, 9.17) is 4.74 Å². The van der Waals surface area contributed by atoms with Gasteiger partial charge in [-0.3, -0.25) is 4.99 Å². The maximum absolute atomic E-state index is 5.76. The number of nitrogens with one attached hydrogen (secondary N) is 2. The molecule has 1 aliphatic carbocycles. The number of morpholine rings is 1. The van der Waals surface area contributed by atoms with Gasteiger partial charge in [0.2, 0.25) is 0 Å². The second-order valence-corrected chi connectivity index (χ2v) is 6.31. The van der Waals surface area contributed by atoms with Crippen molar-refractivity contribution in [1.82, 2.24) is 15.5 Å². The van der Waals surface area contributed by atoms with Gasteiger partial charge in [0, 0.05) is 32.7 Å². The smallest absolute Gasteiger partial charge is 0.191 e. The minimum absolute atomic E-state index is 0. The van der Waals surface area contributed by atoms with Gasteiger partial charge in [-0.2, -0.15) is 0 Å². The molecule has 1 aliphatic heterocycles. The van der Waals surface area contributed by atoms with E-state index in [1.165, 1.54) is 25.7 Å². The Hall–Kier alpha value is -0.0800. The molecule has 1 heterocycles. The standard InChI is InChI=1S/C15H30N4O.HI/c1-12-4-6-13(7-5-12)18-15(16-2)17-10-14-11-19(3)8-9-20-14;/h12-14H,4-11H2,1-3H3,(H2,16,17,18);1H. The molecule has 0 spiro atoms. The average Bonchev–Trinajstić information content (AvgIpc) is 2.45. The molecular formula is C15H31IN4O. The van der Waals surface area contributed by atoms with E-state index in [1.54, 1.807) is 0 Å². The lowest BCUT2D eigenvalue weighted by atomic mass is 9.87. The topological polar surface area (TPSA) is 48.9 Å². The van der Waals surface area contributed by atoms with Crippen LogP contribution in [0.1, 0.15) is 32.6 Å². The lowest BCUT2D eigenvalue weighted by Crippen LogP contribution is -2.50. The van der Waals surface area contributed by atoms with Gasteiger partial charge in [-0.25, -0.2) is 0 Å².